The molecule has 0 radical (unpaired) electrons. The number of hydrogen-bond donors (Lipinski definition) is 0. The molecule has 0 spiro atoms. The quantitative estimate of drug-likeness (QED) is 0.538. The van der Waals surface area contributed by atoms with Crippen LogP contribution in [0, 0.1) is 5.92 Å². The molecule has 1 aliphatic rings. The van der Waals surface area contributed by atoms with E-state index in [-0.39, 0.29) is 11.4 Å². The van der Waals surface area contributed by atoms with Gasteiger partial charge < -0.3 is 9.64 Å². The van der Waals surface area contributed by atoms with Gasteiger partial charge in [0.05, 0.1) is 12.7 Å². The normalized spacial score (nSPS) is 24.8. The van der Waals surface area contributed by atoms with Crippen molar-refractivity contribution < 1.29 is 9.53 Å². The van der Waals surface area contributed by atoms with Crippen molar-refractivity contribution in [1.29, 1.82) is 0 Å². The number of esters is 1. The number of piperidine rings is 1. The summed E-state index contributed by atoms with van der Waals surface area (Å²) >= 11 is 0. The van der Waals surface area contributed by atoms with E-state index in [2.05, 4.69) is 31.7 Å². The zero-order chi connectivity index (χ0) is 17.6. The van der Waals surface area contributed by atoms with E-state index < -0.39 is 0 Å². The number of carbonyl (C=O) groups excluding carboxylic acids is 1. The second-order valence-electron chi connectivity index (χ2n) is 7.50. The van der Waals surface area contributed by atoms with E-state index in [0.29, 0.717) is 11.5 Å². The predicted molar refractivity (Wildman–Crippen MR) is 99.5 cm³/mol. The lowest BCUT2D eigenvalue weighted by atomic mass is 9.68. The highest BCUT2D eigenvalue weighted by Gasteiger charge is 2.38. The van der Waals surface area contributed by atoms with E-state index in [4.69, 9.17) is 4.74 Å². The molecule has 0 amide bonds. The highest BCUT2D eigenvalue weighted by molar-refractivity contribution is 5.89. The van der Waals surface area contributed by atoms with Gasteiger partial charge in [-0.15, -0.1) is 0 Å². The third kappa shape index (κ3) is 4.38. The van der Waals surface area contributed by atoms with Crippen LogP contribution in [0.25, 0.3) is 0 Å². The number of methoxy groups -OCH3 is 1. The molecule has 0 saturated carbocycles. The number of unbranched alkanes of at least 4 members (excludes halogenated alkanes) is 3. The Morgan fingerprint density at radius 3 is 2.79 bits per heavy atom. The zero-order valence-electron chi connectivity index (χ0n) is 15.8. The van der Waals surface area contributed by atoms with Crippen LogP contribution in [0.5, 0.6) is 0 Å². The van der Waals surface area contributed by atoms with Crippen LogP contribution in [-0.2, 0) is 10.2 Å². The molecule has 0 bridgehead atoms. The molecule has 134 valence electrons. The Balaban J connectivity index is 2.02. The molecule has 1 saturated heterocycles. The third-order valence-electron chi connectivity index (χ3n) is 5.84. The van der Waals surface area contributed by atoms with Gasteiger partial charge in [-0.2, -0.15) is 0 Å². The van der Waals surface area contributed by atoms with Crippen LogP contribution in [0.2, 0.25) is 0 Å². The standard InChI is InChI=1S/C21H33NO2/c1-5-6-7-8-13-22-14-12-21(3,17(2)16-22)19-11-9-10-18(15-19)20(23)24-4/h9-11,15,17H,5-8,12-14,16H2,1-4H3. The summed E-state index contributed by atoms with van der Waals surface area (Å²) in [7, 11) is 1.44. The highest BCUT2D eigenvalue weighted by atomic mass is 16.5. The third-order valence-corrected chi connectivity index (χ3v) is 5.84. The molecule has 0 aromatic heterocycles. The van der Waals surface area contributed by atoms with E-state index in [1.54, 1.807) is 0 Å². The number of benzene rings is 1. The molecule has 24 heavy (non-hydrogen) atoms. The molecular weight excluding hydrogens is 298 g/mol. The van der Waals surface area contributed by atoms with Crippen molar-refractivity contribution in [2.75, 3.05) is 26.7 Å². The lowest BCUT2D eigenvalue weighted by Crippen LogP contribution is -2.47. The molecule has 3 heteroatoms. The smallest absolute Gasteiger partial charge is 0.337 e. The molecule has 1 heterocycles. The fourth-order valence-corrected chi connectivity index (χ4v) is 3.83. The first-order valence-corrected chi connectivity index (χ1v) is 9.42. The monoisotopic (exact) mass is 331 g/mol. The Hall–Kier alpha value is -1.35. The zero-order valence-corrected chi connectivity index (χ0v) is 15.8. The van der Waals surface area contributed by atoms with Crippen molar-refractivity contribution in [2.45, 2.75) is 58.3 Å². The number of ether oxygens (including phenoxy) is 1. The Morgan fingerprint density at radius 1 is 1.33 bits per heavy atom. The molecule has 2 unspecified atom stereocenters. The van der Waals surface area contributed by atoms with Crippen LogP contribution in [0.15, 0.2) is 24.3 Å². The van der Waals surface area contributed by atoms with Gasteiger partial charge in [0.25, 0.3) is 0 Å². The number of carbonyl (C=O) groups is 1. The summed E-state index contributed by atoms with van der Waals surface area (Å²) in [6.45, 7) is 10.5. The van der Waals surface area contributed by atoms with Gasteiger partial charge in [-0.3, -0.25) is 0 Å². The van der Waals surface area contributed by atoms with E-state index in [9.17, 15) is 4.79 Å². The summed E-state index contributed by atoms with van der Waals surface area (Å²) in [5.74, 6) is 0.326. The molecule has 1 aliphatic heterocycles. The Bertz CT molecular complexity index is 542. The van der Waals surface area contributed by atoms with Gasteiger partial charge in [0.15, 0.2) is 0 Å². The molecular formula is C21H33NO2. The molecule has 2 atom stereocenters. The van der Waals surface area contributed by atoms with E-state index in [1.165, 1.54) is 44.9 Å². The van der Waals surface area contributed by atoms with Gasteiger partial charge in [0.2, 0.25) is 0 Å². The SMILES string of the molecule is CCCCCCN1CCC(C)(c2cccc(C(=O)OC)c2)C(C)C1. The van der Waals surface area contributed by atoms with Gasteiger partial charge in [0.1, 0.15) is 0 Å². The molecule has 1 fully saturated rings. The maximum atomic E-state index is 11.8. The van der Waals surface area contributed by atoms with Crippen LogP contribution in [0.3, 0.4) is 0 Å². The number of rotatable bonds is 7. The van der Waals surface area contributed by atoms with Gasteiger partial charge in [-0.05, 0) is 55.0 Å². The summed E-state index contributed by atoms with van der Waals surface area (Å²) in [5.41, 5.74) is 2.05. The predicted octanol–water partition coefficient (Wildman–Crippen LogP) is 4.65. The average Bonchev–Trinajstić information content (AvgIpc) is 2.61. The fraction of sp³-hybridized carbons (Fsp3) is 0.667. The molecule has 0 N–H and O–H groups in total. The van der Waals surface area contributed by atoms with Crippen molar-refractivity contribution in [3.05, 3.63) is 35.4 Å². The number of nitrogens with zero attached hydrogens (tertiary/aromatic N) is 1. The molecule has 1 aromatic rings. The minimum Gasteiger partial charge on any atom is -0.465 e. The first-order chi connectivity index (χ1) is 11.5. The second-order valence-corrected chi connectivity index (χ2v) is 7.50. The lowest BCUT2D eigenvalue weighted by molar-refractivity contribution is 0.0600. The van der Waals surface area contributed by atoms with Gasteiger partial charge in [-0.1, -0.05) is 52.2 Å². The molecule has 3 nitrogen and oxygen atoms in total. The maximum absolute atomic E-state index is 11.8. The van der Waals surface area contributed by atoms with Crippen molar-refractivity contribution in [2.24, 2.45) is 5.92 Å². The fourth-order valence-electron chi connectivity index (χ4n) is 3.83. The van der Waals surface area contributed by atoms with Gasteiger partial charge >= 0.3 is 5.97 Å². The summed E-state index contributed by atoms with van der Waals surface area (Å²) in [6.07, 6.45) is 6.45. The molecule has 1 aromatic carbocycles. The number of hydrogen-bond acceptors (Lipinski definition) is 3. The highest BCUT2D eigenvalue weighted by Crippen LogP contribution is 2.39. The summed E-state index contributed by atoms with van der Waals surface area (Å²) in [4.78, 5) is 14.4. The van der Waals surface area contributed by atoms with Crippen LogP contribution in [0.4, 0.5) is 0 Å². The van der Waals surface area contributed by atoms with E-state index in [0.717, 1.165) is 19.5 Å². The van der Waals surface area contributed by atoms with Crippen molar-refractivity contribution in [3.63, 3.8) is 0 Å². The van der Waals surface area contributed by atoms with Crippen LogP contribution in [-0.4, -0.2) is 37.6 Å². The van der Waals surface area contributed by atoms with Gasteiger partial charge in [-0.25, -0.2) is 4.79 Å². The number of likely N-dealkylation sites (tertiary alicyclic amines) is 1. The first-order valence-electron chi connectivity index (χ1n) is 9.42. The Morgan fingerprint density at radius 2 is 2.12 bits per heavy atom. The topological polar surface area (TPSA) is 29.5 Å². The Kier molecular flexibility index (Phi) is 6.85. The van der Waals surface area contributed by atoms with E-state index >= 15 is 0 Å². The van der Waals surface area contributed by atoms with Crippen molar-refractivity contribution in [1.82, 2.24) is 4.90 Å². The molecule has 2 rings (SSSR count). The summed E-state index contributed by atoms with van der Waals surface area (Å²) < 4.78 is 4.87. The lowest BCUT2D eigenvalue weighted by Gasteiger charge is -2.45. The van der Waals surface area contributed by atoms with Gasteiger partial charge in [0, 0.05) is 6.54 Å². The van der Waals surface area contributed by atoms with Crippen LogP contribution in [0.1, 0.15) is 68.8 Å². The summed E-state index contributed by atoms with van der Waals surface area (Å²) in [5, 5.41) is 0. The van der Waals surface area contributed by atoms with Crippen LogP contribution >= 0.6 is 0 Å². The minimum atomic E-state index is -0.249. The maximum Gasteiger partial charge on any atom is 0.337 e. The van der Waals surface area contributed by atoms with E-state index in [1.807, 2.05) is 18.2 Å². The van der Waals surface area contributed by atoms with Crippen LogP contribution < -0.4 is 0 Å². The molecule has 0 aliphatic carbocycles. The minimum absolute atomic E-state index is 0.129. The summed E-state index contributed by atoms with van der Waals surface area (Å²) in [6, 6.07) is 8.02. The Labute approximate surface area is 147 Å². The average molecular weight is 332 g/mol. The first kappa shape index (κ1) is 19.0. The van der Waals surface area contributed by atoms with Crippen molar-refractivity contribution >= 4 is 5.97 Å². The largest absolute Gasteiger partial charge is 0.465 e. The van der Waals surface area contributed by atoms with Crippen molar-refractivity contribution in [3.8, 4) is 0 Å². The second kappa shape index (κ2) is 8.66.